The third-order valence-electron chi connectivity index (χ3n) is 3.70. The van der Waals surface area contributed by atoms with Gasteiger partial charge < -0.3 is 14.8 Å². The number of amides is 2. The Balaban J connectivity index is 1.24. The smallest absolute Gasteiger partial charge is 0.271 e. The van der Waals surface area contributed by atoms with E-state index in [2.05, 4.69) is 20.8 Å². The van der Waals surface area contributed by atoms with E-state index in [9.17, 15) is 9.59 Å². The number of imide groups is 1. The van der Waals surface area contributed by atoms with Gasteiger partial charge in [-0.15, -0.1) is 10.2 Å². The number of benzene rings is 1. The van der Waals surface area contributed by atoms with E-state index in [0.717, 1.165) is 18.0 Å². The molecule has 2 N–H and O–H groups in total. The highest BCUT2D eigenvalue weighted by molar-refractivity contribution is 8.01. The average molecular weight is 392 g/mol. The molecule has 136 valence electrons. The SMILES string of the molecule is O=C(CSc1nnc(NC2CC2)s1)NC(=O)[C@H]1COc2ccccc2O1. The summed E-state index contributed by atoms with van der Waals surface area (Å²) in [6.07, 6.45) is 1.46. The van der Waals surface area contributed by atoms with Crippen LogP contribution in [-0.4, -0.2) is 46.5 Å². The lowest BCUT2D eigenvalue weighted by atomic mass is 10.2. The van der Waals surface area contributed by atoms with E-state index in [1.165, 1.54) is 23.1 Å². The number of carbonyl (C=O) groups is 2. The Kier molecular flexibility index (Phi) is 4.93. The monoisotopic (exact) mass is 392 g/mol. The second-order valence-electron chi connectivity index (χ2n) is 5.86. The number of nitrogens with one attached hydrogen (secondary N) is 2. The number of fused-ring (bicyclic) bond motifs is 1. The summed E-state index contributed by atoms with van der Waals surface area (Å²) >= 11 is 2.65. The van der Waals surface area contributed by atoms with Gasteiger partial charge in [-0.1, -0.05) is 35.2 Å². The van der Waals surface area contributed by atoms with Crippen molar-refractivity contribution in [2.45, 2.75) is 29.3 Å². The molecule has 1 saturated carbocycles. The van der Waals surface area contributed by atoms with Crippen molar-refractivity contribution < 1.29 is 19.1 Å². The first kappa shape index (κ1) is 17.1. The normalized spacial score (nSPS) is 18.2. The minimum Gasteiger partial charge on any atom is -0.485 e. The van der Waals surface area contributed by atoms with Gasteiger partial charge in [0.1, 0.15) is 6.61 Å². The molecule has 2 amide bonds. The topological polar surface area (TPSA) is 102 Å². The molecule has 0 bridgehead atoms. The third-order valence-corrected chi connectivity index (χ3v) is 5.69. The van der Waals surface area contributed by atoms with Crippen molar-refractivity contribution in [3.63, 3.8) is 0 Å². The summed E-state index contributed by atoms with van der Waals surface area (Å²) in [5, 5.41) is 14.4. The van der Waals surface area contributed by atoms with E-state index in [1.807, 2.05) is 6.07 Å². The molecule has 2 aliphatic rings. The summed E-state index contributed by atoms with van der Waals surface area (Å²) in [6, 6.07) is 7.60. The summed E-state index contributed by atoms with van der Waals surface area (Å²) in [5.41, 5.74) is 0. The zero-order valence-corrected chi connectivity index (χ0v) is 15.3. The molecule has 1 atom stereocenters. The lowest BCUT2D eigenvalue weighted by molar-refractivity contribution is -0.135. The molecule has 1 aromatic heterocycles. The second kappa shape index (κ2) is 7.50. The summed E-state index contributed by atoms with van der Waals surface area (Å²) < 4.78 is 11.7. The van der Waals surface area contributed by atoms with Crippen LogP contribution < -0.4 is 20.1 Å². The van der Waals surface area contributed by atoms with Gasteiger partial charge in [-0.3, -0.25) is 14.9 Å². The zero-order valence-electron chi connectivity index (χ0n) is 13.6. The molecule has 10 heteroatoms. The maximum atomic E-state index is 12.2. The number of para-hydroxylation sites is 2. The van der Waals surface area contributed by atoms with Crippen LogP contribution in [0, 0.1) is 0 Å². The molecular formula is C16H16N4O4S2. The van der Waals surface area contributed by atoms with Crippen molar-refractivity contribution in [1.29, 1.82) is 0 Å². The first-order chi connectivity index (χ1) is 12.7. The quantitative estimate of drug-likeness (QED) is 0.716. The fraction of sp³-hybridized carbons (Fsp3) is 0.375. The van der Waals surface area contributed by atoms with Gasteiger partial charge >= 0.3 is 0 Å². The van der Waals surface area contributed by atoms with E-state index >= 15 is 0 Å². The van der Waals surface area contributed by atoms with Crippen molar-refractivity contribution >= 4 is 40.0 Å². The maximum absolute atomic E-state index is 12.2. The lowest BCUT2D eigenvalue weighted by Crippen LogP contribution is -2.46. The first-order valence-electron chi connectivity index (χ1n) is 8.12. The largest absolute Gasteiger partial charge is 0.485 e. The standard InChI is InChI=1S/C16H16N4O4S2/c21-13(8-25-16-20-19-15(26-16)17-9-5-6-9)18-14(22)12-7-23-10-3-1-2-4-11(10)24-12/h1-4,9,12H,5-8H2,(H,17,19)(H,18,21,22)/t12-/m1/s1. The summed E-state index contributed by atoms with van der Waals surface area (Å²) in [5.74, 6) is 0.233. The van der Waals surface area contributed by atoms with Gasteiger partial charge in [-0.25, -0.2) is 0 Å². The van der Waals surface area contributed by atoms with Gasteiger partial charge in [0.05, 0.1) is 5.75 Å². The molecular weight excluding hydrogens is 376 g/mol. The van der Waals surface area contributed by atoms with Crippen LogP contribution in [0.25, 0.3) is 0 Å². The third kappa shape index (κ3) is 4.25. The van der Waals surface area contributed by atoms with Crippen LogP contribution in [0.15, 0.2) is 28.6 Å². The zero-order chi connectivity index (χ0) is 17.9. The predicted octanol–water partition coefficient (Wildman–Crippen LogP) is 1.69. The van der Waals surface area contributed by atoms with Gasteiger partial charge in [0.25, 0.3) is 5.91 Å². The van der Waals surface area contributed by atoms with Gasteiger partial charge in [-0.05, 0) is 25.0 Å². The second-order valence-corrected chi connectivity index (χ2v) is 8.06. The highest BCUT2D eigenvalue weighted by Crippen LogP contribution is 2.31. The summed E-state index contributed by atoms with van der Waals surface area (Å²) in [7, 11) is 0. The van der Waals surface area contributed by atoms with Crippen molar-refractivity contribution in [3.8, 4) is 11.5 Å². The molecule has 2 heterocycles. The van der Waals surface area contributed by atoms with Crippen LogP contribution in [0.4, 0.5) is 5.13 Å². The molecule has 1 aromatic carbocycles. The molecule has 2 aromatic rings. The van der Waals surface area contributed by atoms with Crippen LogP contribution in [0.1, 0.15) is 12.8 Å². The Morgan fingerprint density at radius 3 is 2.85 bits per heavy atom. The van der Waals surface area contributed by atoms with Gasteiger partial charge in [-0.2, -0.15) is 0 Å². The number of hydrogen-bond donors (Lipinski definition) is 2. The molecule has 0 saturated heterocycles. The Bertz CT molecular complexity index is 824. The fourth-order valence-corrected chi connectivity index (χ4v) is 3.89. The predicted molar refractivity (Wildman–Crippen MR) is 96.8 cm³/mol. The van der Waals surface area contributed by atoms with Crippen LogP contribution in [0.3, 0.4) is 0 Å². The summed E-state index contributed by atoms with van der Waals surface area (Å²) in [6.45, 7) is 0.0653. The first-order valence-corrected chi connectivity index (χ1v) is 9.92. The van der Waals surface area contributed by atoms with Crippen LogP contribution in [-0.2, 0) is 9.59 Å². The maximum Gasteiger partial charge on any atom is 0.271 e. The molecule has 8 nitrogen and oxygen atoms in total. The van der Waals surface area contributed by atoms with Crippen molar-refractivity contribution in [3.05, 3.63) is 24.3 Å². The van der Waals surface area contributed by atoms with E-state index < -0.39 is 17.9 Å². The highest BCUT2D eigenvalue weighted by Gasteiger charge is 2.28. The number of aromatic nitrogens is 2. The van der Waals surface area contributed by atoms with Gasteiger partial charge in [0.15, 0.2) is 15.8 Å². The lowest BCUT2D eigenvalue weighted by Gasteiger charge is -2.25. The van der Waals surface area contributed by atoms with Crippen LogP contribution >= 0.6 is 23.1 Å². The Morgan fingerprint density at radius 1 is 1.23 bits per heavy atom. The molecule has 1 aliphatic heterocycles. The number of carbonyl (C=O) groups excluding carboxylic acids is 2. The van der Waals surface area contributed by atoms with Crippen LogP contribution in [0.2, 0.25) is 0 Å². The van der Waals surface area contributed by atoms with Crippen molar-refractivity contribution in [2.75, 3.05) is 17.7 Å². The average Bonchev–Trinajstić information content (AvgIpc) is 3.35. The number of hydrogen-bond acceptors (Lipinski definition) is 9. The minimum atomic E-state index is -0.852. The Labute approximate surface area is 157 Å². The Morgan fingerprint density at radius 2 is 2.04 bits per heavy atom. The fourth-order valence-electron chi connectivity index (χ4n) is 2.26. The molecule has 0 spiro atoms. The molecule has 1 aliphatic carbocycles. The van der Waals surface area contributed by atoms with Crippen LogP contribution in [0.5, 0.6) is 11.5 Å². The van der Waals surface area contributed by atoms with Gasteiger partial charge in [0.2, 0.25) is 17.1 Å². The van der Waals surface area contributed by atoms with Crippen molar-refractivity contribution in [2.24, 2.45) is 0 Å². The highest BCUT2D eigenvalue weighted by atomic mass is 32.2. The van der Waals surface area contributed by atoms with Crippen molar-refractivity contribution in [1.82, 2.24) is 15.5 Å². The molecule has 0 radical (unpaired) electrons. The van der Waals surface area contributed by atoms with E-state index in [1.54, 1.807) is 18.2 Å². The van der Waals surface area contributed by atoms with E-state index in [0.29, 0.717) is 21.9 Å². The number of anilines is 1. The molecule has 4 rings (SSSR count). The molecule has 1 fully saturated rings. The van der Waals surface area contributed by atoms with E-state index in [-0.39, 0.29) is 12.4 Å². The van der Waals surface area contributed by atoms with E-state index in [4.69, 9.17) is 9.47 Å². The number of nitrogens with zero attached hydrogens (tertiary/aromatic N) is 2. The van der Waals surface area contributed by atoms with Gasteiger partial charge in [0, 0.05) is 6.04 Å². The minimum absolute atomic E-state index is 0.0653. The Hall–Kier alpha value is -2.33. The molecule has 0 unspecified atom stereocenters. The number of rotatable bonds is 6. The number of thioether (sulfide) groups is 1. The number of ether oxygens (including phenoxy) is 2. The molecule has 26 heavy (non-hydrogen) atoms. The summed E-state index contributed by atoms with van der Waals surface area (Å²) in [4.78, 5) is 24.2.